The lowest BCUT2D eigenvalue weighted by Gasteiger charge is -2.19. The van der Waals surface area contributed by atoms with Crippen LogP contribution in [0.3, 0.4) is 0 Å². The quantitative estimate of drug-likeness (QED) is 0.876. The first-order valence-electron chi connectivity index (χ1n) is 6.73. The Labute approximate surface area is 119 Å². The molecule has 2 aromatic carbocycles. The van der Waals surface area contributed by atoms with Crippen LogP contribution in [-0.2, 0) is 11.2 Å². The molecule has 1 amide bonds. The fraction of sp³-hybridized carbons (Fsp3) is 0.235. The van der Waals surface area contributed by atoms with Gasteiger partial charge in [-0.25, -0.2) is 0 Å². The minimum Gasteiger partial charge on any atom is -0.373 e. The topological polar surface area (TPSA) is 55.1 Å². The standard InChI is InChI=1S/C17H20N2O/c1-12-8-9-13(2)15(10-12)19-16(17(18)20)11-14-6-4-3-5-7-14/h3-10,16,19H,11H2,1-2H3,(H2,18,20). The first-order valence-corrected chi connectivity index (χ1v) is 6.73. The Balaban J connectivity index is 2.18. The van der Waals surface area contributed by atoms with Crippen molar-refractivity contribution < 1.29 is 4.79 Å². The van der Waals surface area contributed by atoms with Gasteiger partial charge in [0, 0.05) is 12.1 Å². The van der Waals surface area contributed by atoms with Crippen LogP contribution in [0.4, 0.5) is 5.69 Å². The molecular formula is C17H20N2O. The van der Waals surface area contributed by atoms with Crippen LogP contribution in [0.15, 0.2) is 48.5 Å². The largest absolute Gasteiger partial charge is 0.373 e. The molecule has 0 aliphatic rings. The van der Waals surface area contributed by atoms with Crippen LogP contribution in [0.5, 0.6) is 0 Å². The maximum atomic E-state index is 11.7. The molecule has 3 nitrogen and oxygen atoms in total. The minimum absolute atomic E-state index is 0.338. The summed E-state index contributed by atoms with van der Waals surface area (Å²) in [7, 11) is 0. The smallest absolute Gasteiger partial charge is 0.240 e. The molecule has 0 radical (unpaired) electrons. The van der Waals surface area contributed by atoms with Crippen LogP contribution in [0.1, 0.15) is 16.7 Å². The summed E-state index contributed by atoms with van der Waals surface area (Å²) in [6.45, 7) is 4.05. The third-order valence-corrected chi connectivity index (χ3v) is 3.35. The van der Waals surface area contributed by atoms with E-state index in [1.165, 1.54) is 0 Å². The van der Waals surface area contributed by atoms with Gasteiger partial charge >= 0.3 is 0 Å². The van der Waals surface area contributed by atoms with E-state index in [0.717, 1.165) is 22.4 Å². The van der Waals surface area contributed by atoms with Gasteiger partial charge in [-0.05, 0) is 36.6 Å². The van der Waals surface area contributed by atoms with Crippen molar-refractivity contribution in [3.05, 3.63) is 65.2 Å². The number of hydrogen-bond acceptors (Lipinski definition) is 2. The highest BCUT2D eigenvalue weighted by Crippen LogP contribution is 2.18. The minimum atomic E-state index is -0.405. The molecular weight excluding hydrogens is 248 g/mol. The molecule has 2 rings (SSSR count). The van der Waals surface area contributed by atoms with Gasteiger partial charge in [-0.2, -0.15) is 0 Å². The molecule has 0 heterocycles. The van der Waals surface area contributed by atoms with Crippen LogP contribution in [0.25, 0.3) is 0 Å². The summed E-state index contributed by atoms with van der Waals surface area (Å²) in [6.07, 6.45) is 0.587. The molecule has 0 saturated carbocycles. The third-order valence-electron chi connectivity index (χ3n) is 3.35. The SMILES string of the molecule is Cc1ccc(C)c(NC(Cc2ccccc2)C(N)=O)c1. The summed E-state index contributed by atoms with van der Waals surface area (Å²) in [5.74, 6) is -0.338. The molecule has 2 aromatic rings. The highest BCUT2D eigenvalue weighted by molar-refractivity contribution is 5.83. The lowest BCUT2D eigenvalue weighted by Crippen LogP contribution is -2.37. The molecule has 0 aliphatic heterocycles. The van der Waals surface area contributed by atoms with Gasteiger partial charge in [0.05, 0.1) is 0 Å². The number of aryl methyl sites for hydroxylation is 2. The number of benzene rings is 2. The van der Waals surface area contributed by atoms with Gasteiger partial charge in [-0.15, -0.1) is 0 Å². The highest BCUT2D eigenvalue weighted by Gasteiger charge is 2.16. The second-order valence-electron chi connectivity index (χ2n) is 5.11. The van der Waals surface area contributed by atoms with E-state index in [9.17, 15) is 4.79 Å². The monoisotopic (exact) mass is 268 g/mol. The zero-order chi connectivity index (χ0) is 14.5. The summed E-state index contributed by atoms with van der Waals surface area (Å²) >= 11 is 0. The molecule has 3 heteroatoms. The predicted molar refractivity (Wildman–Crippen MR) is 82.7 cm³/mol. The van der Waals surface area contributed by atoms with Crippen molar-refractivity contribution in [1.82, 2.24) is 0 Å². The second kappa shape index (κ2) is 6.24. The van der Waals surface area contributed by atoms with Gasteiger partial charge in [0.1, 0.15) is 6.04 Å². The molecule has 3 N–H and O–H groups in total. The van der Waals surface area contributed by atoms with Crippen LogP contribution in [0.2, 0.25) is 0 Å². The number of amides is 1. The van der Waals surface area contributed by atoms with E-state index in [0.29, 0.717) is 6.42 Å². The Kier molecular flexibility index (Phi) is 4.41. The molecule has 0 bridgehead atoms. The Morgan fingerprint density at radius 1 is 1.15 bits per heavy atom. The number of nitrogens with two attached hydrogens (primary N) is 1. The molecule has 0 spiro atoms. The second-order valence-corrected chi connectivity index (χ2v) is 5.11. The van der Waals surface area contributed by atoms with Crippen LogP contribution < -0.4 is 11.1 Å². The Morgan fingerprint density at radius 2 is 1.85 bits per heavy atom. The zero-order valence-electron chi connectivity index (χ0n) is 11.9. The molecule has 104 valence electrons. The fourth-order valence-electron chi connectivity index (χ4n) is 2.15. The molecule has 0 fully saturated rings. The fourth-order valence-corrected chi connectivity index (χ4v) is 2.15. The average molecular weight is 268 g/mol. The number of hydrogen-bond donors (Lipinski definition) is 2. The number of anilines is 1. The van der Waals surface area contributed by atoms with Crippen molar-refractivity contribution in [1.29, 1.82) is 0 Å². The lowest BCUT2D eigenvalue weighted by atomic mass is 10.0. The van der Waals surface area contributed by atoms with Crippen LogP contribution >= 0.6 is 0 Å². The lowest BCUT2D eigenvalue weighted by molar-refractivity contribution is -0.118. The number of carbonyl (C=O) groups is 1. The summed E-state index contributed by atoms with van der Waals surface area (Å²) < 4.78 is 0. The molecule has 0 aliphatic carbocycles. The molecule has 0 saturated heterocycles. The van der Waals surface area contributed by atoms with Crippen molar-refractivity contribution in [2.45, 2.75) is 26.3 Å². The molecule has 1 unspecified atom stereocenters. The number of primary amides is 1. The van der Waals surface area contributed by atoms with E-state index < -0.39 is 6.04 Å². The third kappa shape index (κ3) is 3.60. The summed E-state index contributed by atoms with van der Waals surface area (Å²) in [4.78, 5) is 11.7. The van der Waals surface area contributed by atoms with Gasteiger partial charge in [0.2, 0.25) is 5.91 Å². The maximum Gasteiger partial charge on any atom is 0.240 e. The number of carbonyl (C=O) groups excluding carboxylic acids is 1. The average Bonchev–Trinajstić information content (AvgIpc) is 2.43. The van der Waals surface area contributed by atoms with E-state index in [4.69, 9.17) is 5.73 Å². The van der Waals surface area contributed by atoms with Crippen molar-refractivity contribution in [2.75, 3.05) is 5.32 Å². The highest BCUT2D eigenvalue weighted by atomic mass is 16.1. The van der Waals surface area contributed by atoms with E-state index >= 15 is 0 Å². The normalized spacial score (nSPS) is 11.9. The summed E-state index contributed by atoms with van der Waals surface area (Å²) in [6, 6.07) is 15.6. The van der Waals surface area contributed by atoms with Gasteiger partial charge in [0.25, 0.3) is 0 Å². The number of nitrogens with one attached hydrogen (secondary N) is 1. The van der Waals surface area contributed by atoms with E-state index in [2.05, 4.69) is 11.4 Å². The summed E-state index contributed by atoms with van der Waals surface area (Å²) in [5, 5.41) is 3.26. The maximum absolute atomic E-state index is 11.7. The number of rotatable bonds is 5. The van der Waals surface area contributed by atoms with Crippen LogP contribution in [0, 0.1) is 13.8 Å². The Hall–Kier alpha value is -2.29. The van der Waals surface area contributed by atoms with Crippen LogP contribution in [-0.4, -0.2) is 11.9 Å². The van der Waals surface area contributed by atoms with E-state index in [1.807, 2.05) is 56.3 Å². The Bertz CT molecular complexity index is 593. The van der Waals surface area contributed by atoms with Gasteiger partial charge in [0.15, 0.2) is 0 Å². The Morgan fingerprint density at radius 3 is 2.50 bits per heavy atom. The molecule has 0 aromatic heterocycles. The van der Waals surface area contributed by atoms with Gasteiger partial charge in [-0.3, -0.25) is 4.79 Å². The molecule has 1 atom stereocenters. The van der Waals surface area contributed by atoms with Crippen molar-refractivity contribution in [3.63, 3.8) is 0 Å². The predicted octanol–water partition coefficient (Wildman–Crippen LogP) is 2.81. The first-order chi connectivity index (χ1) is 9.56. The molecule has 20 heavy (non-hydrogen) atoms. The van der Waals surface area contributed by atoms with Crippen molar-refractivity contribution in [2.24, 2.45) is 5.73 Å². The van der Waals surface area contributed by atoms with Gasteiger partial charge < -0.3 is 11.1 Å². The first kappa shape index (κ1) is 14.1. The van der Waals surface area contributed by atoms with E-state index in [-0.39, 0.29) is 5.91 Å². The van der Waals surface area contributed by atoms with Gasteiger partial charge in [-0.1, -0.05) is 42.5 Å². The van der Waals surface area contributed by atoms with Crippen molar-refractivity contribution >= 4 is 11.6 Å². The summed E-state index contributed by atoms with van der Waals surface area (Å²) in [5.41, 5.74) is 9.83. The van der Waals surface area contributed by atoms with Crippen molar-refractivity contribution in [3.8, 4) is 0 Å². The van der Waals surface area contributed by atoms with E-state index in [1.54, 1.807) is 0 Å². The zero-order valence-corrected chi connectivity index (χ0v) is 11.9.